The van der Waals surface area contributed by atoms with Crippen molar-refractivity contribution in [2.45, 2.75) is 38.9 Å². The number of rotatable bonds is 1. The predicted octanol–water partition coefficient (Wildman–Crippen LogP) is 1.86. The highest BCUT2D eigenvalue weighted by Crippen LogP contribution is 2.36. The molecule has 0 saturated carbocycles. The van der Waals surface area contributed by atoms with Gasteiger partial charge in [-0.15, -0.1) is 0 Å². The summed E-state index contributed by atoms with van der Waals surface area (Å²) in [6.45, 7) is 8.20. The molecule has 1 fully saturated rings. The minimum atomic E-state index is -0.352. The number of pyridine rings is 1. The quantitative estimate of drug-likeness (QED) is 0.779. The molecule has 0 bridgehead atoms. The Morgan fingerprint density at radius 1 is 1.17 bits per heavy atom. The first-order valence-electron chi connectivity index (χ1n) is 6.18. The summed E-state index contributed by atoms with van der Waals surface area (Å²) in [7, 11) is -0.352. The van der Waals surface area contributed by atoms with Crippen molar-refractivity contribution in [3.63, 3.8) is 0 Å². The highest BCUT2D eigenvalue weighted by molar-refractivity contribution is 6.62. The fourth-order valence-electron chi connectivity index (χ4n) is 2.06. The van der Waals surface area contributed by atoms with Crippen molar-refractivity contribution in [1.29, 1.82) is 0 Å². The van der Waals surface area contributed by atoms with Crippen LogP contribution in [0.25, 0.3) is 11.0 Å². The van der Waals surface area contributed by atoms with Gasteiger partial charge in [-0.2, -0.15) is 0 Å². The third-order valence-electron chi connectivity index (χ3n) is 3.95. The van der Waals surface area contributed by atoms with Crippen molar-refractivity contribution >= 4 is 23.6 Å². The van der Waals surface area contributed by atoms with Gasteiger partial charge < -0.3 is 14.3 Å². The fraction of sp³-hybridized carbons (Fsp3) is 0.462. The number of H-pyrrole nitrogens is 1. The van der Waals surface area contributed by atoms with Crippen LogP contribution in [0.3, 0.4) is 0 Å². The van der Waals surface area contributed by atoms with Gasteiger partial charge >= 0.3 is 7.12 Å². The summed E-state index contributed by atoms with van der Waals surface area (Å²) in [5, 5.41) is 0. The number of nitrogens with one attached hydrogen (secondary N) is 1. The Bertz CT molecular complexity index is 575. The van der Waals surface area contributed by atoms with E-state index >= 15 is 0 Å². The normalized spacial score (nSPS) is 21.7. The average Bonchev–Trinajstić information content (AvgIpc) is 2.80. The molecule has 1 aliphatic heterocycles. The lowest BCUT2D eigenvalue weighted by Gasteiger charge is -2.32. The second kappa shape index (κ2) is 3.59. The summed E-state index contributed by atoms with van der Waals surface area (Å²) in [6, 6.07) is 3.98. The molecule has 0 aromatic carbocycles. The highest BCUT2D eigenvalue weighted by Gasteiger charge is 2.51. The Labute approximate surface area is 107 Å². The molecule has 0 radical (unpaired) electrons. The molecular weight excluding hydrogens is 227 g/mol. The van der Waals surface area contributed by atoms with Crippen molar-refractivity contribution < 1.29 is 9.31 Å². The zero-order chi connectivity index (χ0) is 13.0. The van der Waals surface area contributed by atoms with Crippen molar-refractivity contribution in [1.82, 2.24) is 9.97 Å². The number of fused-ring (bicyclic) bond motifs is 1. The maximum atomic E-state index is 6.00. The fourth-order valence-corrected chi connectivity index (χ4v) is 2.06. The van der Waals surface area contributed by atoms with E-state index in [9.17, 15) is 0 Å². The SMILES string of the molecule is CC1(C)OB(c2cnc3cc[nH]c3c2)OC1(C)C. The van der Waals surface area contributed by atoms with Crippen LogP contribution in [0.1, 0.15) is 27.7 Å². The van der Waals surface area contributed by atoms with E-state index in [0.717, 1.165) is 16.5 Å². The Morgan fingerprint density at radius 2 is 1.83 bits per heavy atom. The second-order valence-electron chi connectivity index (χ2n) is 5.77. The lowest BCUT2D eigenvalue weighted by molar-refractivity contribution is 0.00578. The molecule has 0 spiro atoms. The van der Waals surface area contributed by atoms with E-state index in [-0.39, 0.29) is 18.3 Å². The summed E-state index contributed by atoms with van der Waals surface area (Å²) >= 11 is 0. The van der Waals surface area contributed by atoms with E-state index < -0.39 is 0 Å². The van der Waals surface area contributed by atoms with Crippen LogP contribution in [-0.2, 0) is 9.31 Å². The molecule has 3 heterocycles. The number of aromatic amines is 1. The molecule has 94 valence electrons. The second-order valence-corrected chi connectivity index (χ2v) is 5.77. The van der Waals surface area contributed by atoms with Crippen LogP contribution in [0.2, 0.25) is 0 Å². The molecule has 4 nitrogen and oxygen atoms in total. The van der Waals surface area contributed by atoms with Gasteiger partial charge in [0.15, 0.2) is 0 Å². The van der Waals surface area contributed by atoms with Gasteiger partial charge in [0.2, 0.25) is 0 Å². The van der Waals surface area contributed by atoms with Crippen LogP contribution >= 0.6 is 0 Å². The molecule has 2 aromatic heterocycles. The standard InChI is InChI=1S/C13H17BN2O2/c1-12(2)13(3,4)18-14(17-12)9-7-11-10(16-8-9)5-6-15-11/h5-8,15H,1-4H3. The molecule has 0 amide bonds. The van der Waals surface area contributed by atoms with E-state index in [1.165, 1.54) is 0 Å². The summed E-state index contributed by atoms with van der Waals surface area (Å²) in [5.74, 6) is 0. The summed E-state index contributed by atoms with van der Waals surface area (Å²) < 4.78 is 12.0. The molecule has 2 aromatic rings. The molecule has 1 saturated heterocycles. The van der Waals surface area contributed by atoms with E-state index in [1.54, 1.807) is 0 Å². The number of aromatic nitrogens is 2. The van der Waals surface area contributed by atoms with Gasteiger partial charge in [-0.25, -0.2) is 0 Å². The summed E-state index contributed by atoms with van der Waals surface area (Å²) in [4.78, 5) is 7.54. The van der Waals surface area contributed by atoms with Crippen LogP contribution < -0.4 is 5.46 Å². The van der Waals surface area contributed by atoms with E-state index in [4.69, 9.17) is 9.31 Å². The molecular formula is C13H17BN2O2. The summed E-state index contributed by atoms with van der Waals surface area (Å²) in [5.41, 5.74) is 2.27. The van der Waals surface area contributed by atoms with E-state index in [0.29, 0.717) is 0 Å². The third-order valence-corrected chi connectivity index (χ3v) is 3.95. The van der Waals surface area contributed by atoms with Gasteiger partial charge in [-0.05, 0) is 39.8 Å². The Hall–Kier alpha value is -1.33. The first-order valence-corrected chi connectivity index (χ1v) is 6.18. The van der Waals surface area contributed by atoms with Gasteiger partial charge in [-0.1, -0.05) is 0 Å². The van der Waals surface area contributed by atoms with Gasteiger partial charge in [0.1, 0.15) is 0 Å². The first kappa shape index (κ1) is 11.7. The number of hydrogen-bond donors (Lipinski definition) is 1. The lowest BCUT2D eigenvalue weighted by Crippen LogP contribution is -2.41. The Kier molecular flexibility index (Phi) is 2.34. The van der Waals surface area contributed by atoms with Crippen LogP contribution in [0, 0.1) is 0 Å². The molecule has 18 heavy (non-hydrogen) atoms. The molecule has 0 atom stereocenters. The first-order chi connectivity index (χ1) is 8.39. The van der Waals surface area contributed by atoms with Crippen molar-refractivity contribution in [2.75, 3.05) is 0 Å². The topological polar surface area (TPSA) is 47.1 Å². The maximum absolute atomic E-state index is 6.00. The van der Waals surface area contributed by atoms with Gasteiger partial charge in [0, 0.05) is 17.9 Å². The van der Waals surface area contributed by atoms with Crippen LogP contribution in [0.5, 0.6) is 0 Å². The smallest absolute Gasteiger partial charge is 0.399 e. The predicted molar refractivity (Wildman–Crippen MR) is 71.8 cm³/mol. The van der Waals surface area contributed by atoms with Crippen LogP contribution in [0.4, 0.5) is 0 Å². The largest absolute Gasteiger partial charge is 0.496 e. The Morgan fingerprint density at radius 3 is 2.50 bits per heavy atom. The molecule has 5 heteroatoms. The Balaban J connectivity index is 1.96. The highest BCUT2D eigenvalue weighted by atomic mass is 16.7. The summed E-state index contributed by atoms with van der Waals surface area (Å²) in [6.07, 6.45) is 3.70. The van der Waals surface area contributed by atoms with Crippen molar-refractivity contribution in [2.24, 2.45) is 0 Å². The van der Waals surface area contributed by atoms with Gasteiger partial charge in [-0.3, -0.25) is 4.98 Å². The number of hydrogen-bond acceptors (Lipinski definition) is 3. The van der Waals surface area contributed by atoms with Gasteiger partial charge in [0.25, 0.3) is 0 Å². The maximum Gasteiger partial charge on any atom is 0.496 e. The van der Waals surface area contributed by atoms with Crippen LogP contribution in [-0.4, -0.2) is 28.3 Å². The monoisotopic (exact) mass is 244 g/mol. The molecule has 0 unspecified atom stereocenters. The average molecular weight is 244 g/mol. The zero-order valence-electron chi connectivity index (χ0n) is 11.2. The van der Waals surface area contributed by atoms with Gasteiger partial charge in [0.05, 0.1) is 22.2 Å². The molecule has 1 N–H and O–H groups in total. The minimum Gasteiger partial charge on any atom is -0.399 e. The number of nitrogens with zero attached hydrogens (tertiary/aromatic N) is 1. The van der Waals surface area contributed by atoms with E-state index in [2.05, 4.69) is 9.97 Å². The third kappa shape index (κ3) is 1.66. The molecule has 3 rings (SSSR count). The van der Waals surface area contributed by atoms with Crippen LogP contribution in [0.15, 0.2) is 24.5 Å². The molecule has 0 aliphatic carbocycles. The lowest BCUT2D eigenvalue weighted by atomic mass is 9.80. The van der Waals surface area contributed by atoms with E-state index in [1.807, 2.05) is 52.2 Å². The van der Waals surface area contributed by atoms with Crippen molar-refractivity contribution in [3.05, 3.63) is 24.5 Å². The zero-order valence-corrected chi connectivity index (χ0v) is 11.2. The minimum absolute atomic E-state index is 0.317. The molecule has 1 aliphatic rings. The van der Waals surface area contributed by atoms with Crippen molar-refractivity contribution in [3.8, 4) is 0 Å².